The van der Waals surface area contributed by atoms with Crippen molar-refractivity contribution in [2.24, 2.45) is 5.92 Å². The minimum absolute atomic E-state index is 0.0266. The molecule has 9 heteroatoms. The summed E-state index contributed by atoms with van der Waals surface area (Å²) in [7, 11) is 0. The normalized spacial score (nSPS) is 23.4. The summed E-state index contributed by atoms with van der Waals surface area (Å²) in [6.07, 6.45) is 7.18. The van der Waals surface area contributed by atoms with E-state index in [0.29, 0.717) is 5.88 Å². The zero-order chi connectivity index (χ0) is 22.9. The number of hydrogen-bond acceptors (Lipinski definition) is 7. The molecule has 2 aliphatic rings. The fourth-order valence-electron chi connectivity index (χ4n) is 4.62. The summed E-state index contributed by atoms with van der Waals surface area (Å²) in [5.41, 5.74) is 0.657. The van der Waals surface area contributed by atoms with Crippen molar-refractivity contribution in [2.45, 2.75) is 89.9 Å². The number of alkyl carbamates (subject to hydrolysis) is 1. The molecule has 0 bridgehead atoms. The molecule has 32 heavy (non-hydrogen) atoms. The van der Waals surface area contributed by atoms with Gasteiger partial charge in [0.05, 0.1) is 5.39 Å². The molecule has 2 aliphatic carbocycles. The number of nitrogens with zero attached hydrogens (tertiary/aromatic N) is 2. The topological polar surface area (TPSA) is 111 Å². The molecule has 1 saturated carbocycles. The average molecular weight is 462 g/mol. The van der Waals surface area contributed by atoms with Gasteiger partial charge in [0.25, 0.3) is 0 Å². The lowest BCUT2D eigenvalue weighted by Crippen LogP contribution is -2.42. The van der Waals surface area contributed by atoms with Gasteiger partial charge < -0.3 is 19.9 Å². The lowest BCUT2D eigenvalue weighted by atomic mass is 9.85. The minimum Gasteiger partial charge on any atom is -0.481 e. The first-order valence-electron chi connectivity index (χ1n) is 11.3. The van der Waals surface area contributed by atoms with E-state index in [2.05, 4.69) is 15.3 Å². The predicted molar refractivity (Wildman–Crippen MR) is 121 cm³/mol. The minimum atomic E-state index is -0.748. The highest BCUT2D eigenvalue weighted by Crippen LogP contribution is 2.41. The van der Waals surface area contributed by atoms with Crippen LogP contribution in [-0.2, 0) is 22.4 Å². The molecule has 1 atom stereocenters. The molecule has 0 radical (unpaired) electrons. The van der Waals surface area contributed by atoms with Gasteiger partial charge in [0.15, 0.2) is 0 Å². The van der Waals surface area contributed by atoms with Gasteiger partial charge in [-0.1, -0.05) is 0 Å². The number of aromatic nitrogens is 2. The second kappa shape index (κ2) is 9.21. The molecule has 0 saturated heterocycles. The van der Waals surface area contributed by atoms with Crippen LogP contribution in [0.1, 0.15) is 69.7 Å². The van der Waals surface area contributed by atoms with Crippen LogP contribution in [0.5, 0.6) is 5.88 Å². The maximum atomic E-state index is 12.0. The summed E-state index contributed by atoms with van der Waals surface area (Å²) in [5, 5.41) is 13.1. The van der Waals surface area contributed by atoms with Gasteiger partial charge in [0.2, 0.25) is 5.88 Å². The quantitative estimate of drug-likeness (QED) is 0.675. The zero-order valence-corrected chi connectivity index (χ0v) is 19.7. The largest absolute Gasteiger partial charge is 0.481 e. The Kier molecular flexibility index (Phi) is 6.55. The molecular formula is C23H31N3O5S. The fraction of sp³-hybridized carbons (Fsp3) is 0.652. The molecule has 2 heterocycles. The predicted octanol–water partition coefficient (Wildman–Crippen LogP) is 4.49. The van der Waals surface area contributed by atoms with Gasteiger partial charge >= 0.3 is 12.1 Å². The number of nitrogens with one attached hydrogen (secondary N) is 1. The molecular weight excluding hydrogens is 430 g/mol. The molecule has 2 N–H and O–H groups in total. The third-order valence-electron chi connectivity index (χ3n) is 6.05. The van der Waals surface area contributed by atoms with Crippen molar-refractivity contribution in [1.29, 1.82) is 0 Å². The highest BCUT2D eigenvalue weighted by atomic mass is 32.1. The van der Waals surface area contributed by atoms with E-state index in [1.54, 1.807) is 17.7 Å². The van der Waals surface area contributed by atoms with Gasteiger partial charge in [-0.15, -0.1) is 11.3 Å². The Morgan fingerprint density at radius 1 is 1.19 bits per heavy atom. The van der Waals surface area contributed by atoms with Crippen LogP contribution in [0.15, 0.2) is 6.33 Å². The van der Waals surface area contributed by atoms with E-state index in [1.165, 1.54) is 10.4 Å². The Labute approximate surface area is 191 Å². The number of thiophene rings is 1. The number of ether oxygens (including phenoxy) is 2. The van der Waals surface area contributed by atoms with E-state index < -0.39 is 11.6 Å². The van der Waals surface area contributed by atoms with Crippen molar-refractivity contribution < 1.29 is 24.2 Å². The van der Waals surface area contributed by atoms with Crippen molar-refractivity contribution in [3.63, 3.8) is 0 Å². The lowest BCUT2D eigenvalue weighted by molar-refractivity contribution is -0.138. The van der Waals surface area contributed by atoms with E-state index in [4.69, 9.17) is 9.47 Å². The van der Waals surface area contributed by atoms with Crippen molar-refractivity contribution in [1.82, 2.24) is 15.3 Å². The van der Waals surface area contributed by atoms with Gasteiger partial charge in [0.1, 0.15) is 22.9 Å². The Balaban J connectivity index is 1.41. The summed E-state index contributed by atoms with van der Waals surface area (Å²) in [5.74, 6) is -0.00490. The molecule has 0 unspecified atom stereocenters. The van der Waals surface area contributed by atoms with Gasteiger partial charge in [-0.05, 0) is 77.2 Å². The van der Waals surface area contributed by atoms with Crippen molar-refractivity contribution in [3.05, 3.63) is 16.8 Å². The summed E-state index contributed by atoms with van der Waals surface area (Å²) in [6, 6.07) is 0.0841. The van der Waals surface area contributed by atoms with Crippen LogP contribution in [0, 0.1) is 5.92 Å². The summed E-state index contributed by atoms with van der Waals surface area (Å²) in [6.45, 7) is 5.56. The second-order valence-electron chi connectivity index (χ2n) is 9.81. The van der Waals surface area contributed by atoms with Crippen molar-refractivity contribution >= 4 is 33.6 Å². The Morgan fingerprint density at radius 3 is 2.62 bits per heavy atom. The molecule has 0 aliphatic heterocycles. The van der Waals surface area contributed by atoms with Crippen molar-refractivity contribution in [2.75, 3.05) is 0 Å². The van der Waals surface area contributed by atoms with E-state index in [1.807, 2.05) is 20.8 Å². The fourth-order valence-corrected chi connectivity index (χ4v) is 5.79. The first-order valence-corrected chi connectivity index (χ1v) is 12.1. The molecule has 1 amide bonds. The number of carboxylic acid groups (broad SMARTS) is 1. The Hall–Kier alpha value is -2.42. The van der Waals surface area contributed by atoms with Crippen LogP contribution in [0.2, 0.25) is 0 Å². The molecule has 174 valence electrons. The highest BCUT2D eigenvalue weighted by Gasteiger charge is 2.29. The van der Waals surface area contributed by atoms with E-state index in [9.17, 15) is 14.7 Å². The number of carbonyl (C=O) groups excluding carboxylic acids is 1. The molecule has 2 aromatic rings. The van der Waals surface area contributed by atoms with Gasteiger partial charge in [0, 0.05) is 17.3 Å². The number of aryl methyl sites for hydroxylation is 1. The molecule has 0 aromatic carbocycles. The SMILES string of the molecule is CC(C)(C)OC(=O)N[C@H]1CC[C@H](Oc2ncnc3sc4c(c23)C[C@H](CC(=O)O)CC4)CC1. The van der Waals surface area contributed by atoms with Crippen molar-refractivity contribution in [3.8, 4) is 5.88 Å². The van der Waals surface area contributed by atoms with Crippen LogP contribution in [0.25, 0.3) is 10.2 Å². The third-order valence-corrected chi connectivity index (χ3v) is 7.24. The molecule has 8 nitrogen and oxygen atoms in total. The van der Waals surface area contributed by atoms with Gasteiger partial charge in [-0.3, -0.25) is 4.79 Å². The lowest BCUT2D eigenvalue weighted by Gasteiger charge is -2.30. The second-order valence-corrected chi connectivity index (χ2v) is 10.9. The number of rotatable bonds is 5. The van der Waals surface area contributed by atoms with Crippen LogP contribution >= 0.6 is 11.3 Å². The van der Waals surface area contributed by atoms with Crippen LogP contribution in [0.4, 0.5) is 4.79 Å². The number of amides is 1. The van der Waals surface area contributed by atoms with Gasteiger partial charge in [-0.25, -0.2) is 14.8 Å². The molecule has 0 spiro atoms. The van der Waals surface area contributed by atoms with Gasteiger partial charge in [-0.2, -0.15) is 0 Å². The maximum Gasteiger partial charge on any atom is 0.407 e. The van der Waals surface area contributed by atoms with Crippen LogP contribution in [-0.4, -0.2) is 44.9 Å². The molecule has 2 aromatic heterocycles. The zero-order valence-electron chi connectivity index (χ0n) is 18.8. The van der Waals surface area contributed by atoms with E-state index >= 15 is 0 Å². The van der Waals surface area contributed by atoms with E-state index in [0.717, 1.165) is 55.2 Å². The third kappa shape index (κ3) is 5.49. The smallest absolute Gasteiger partial charge is 0.407 e. The standard InChI is InChI=1S/C23H31N3O5S/c1-23(2,3)31-22(29)26-14-5-7-15(8-6-14)30-20-19-16-10-13(11-18(27)28)4-9-17(16)32-21(19)25-12-24-20/h12-15H,4-11H2,1-3H3,(H,26,29)(H,27,28)/t13-,14-,15-/m1/s1. The summed E-state index contributed by atoms with van der Waals surface area (Å²) < 4.78 is 11.7. The van der Waals surface area contributed by atoms with Crippen LogP contribution < -0.4 is 10.1 Å². The first kappa shape index (κ1) is 22.8. The summed E-state index contributed by atoms with van der Waals surface area (Å²) >= 11 is 1.67. The Morgan fingerprint density at radius 2 is 1.94 bits per heavy atom. The van der Waals surface area contributed by atoms with E-state index in [-0.39, 0.29) is 30.6 Å². The average Bonchev–Trinajstić information content (AvgIpc) is 3.06. The maximum absolute atomic E-state index is 12.0. The number of carboxylic acids is 1. The number of carbonyl (C=O) groups is 2. The number of fused-ring (bicyclic) bond motifs is 3. The number of aliphatic carboxylic acids is 1. The van der Waals surface area contributed by atoms with Crippen LogP contribution in [0.3, 0.4) is 0 Å². The summed E-state index contributed by atoms with van der Waals surface area (Å²) in [4.78, 5) is 34.3. The monoisotopic (exact) mass is 461 g/mol. The first-order chi connectivity index (χ1) is 15.2. The number of hydrogen-bond donors (Lipinski definition) is 2. The molecule has 1 fully saturated rings. The highest BCUT2D eigenvalue weighted by molar-refractivity contribution is 7.18. The Bertz CT molecular complexity index is 991. The molecule has 4 rings (SSSR count).